The monoisotopic (exact) mass is 798 g/mol. The van der Waals surface area contributed by atoms with Crippen LogP contribution in [0.2, 0.25) is 0 Å². The second-order valence-electron chi connectivity index (χ2n) is 16.9. The van der Waals surface area contributed by atoms with E-state index in [1.54, 1.807) is 0 Å². The molecule has 2 nitrogen and oxygen atoms in total. The Balaban J connectivity index is 1.18. The van der Waals surface area contributed by atoms with Crippen LogP contribution >= 0.6 is 0 Å². The summed E-state index contributed by atoms with van der Waals surface area (Å²) in [6.45, 7) is 10.9. The molecule has 3 heteroatoms. The molecular formula is C58H46N2Si. The van der Waals surface area contributed by atoms with Gasteiger partial charge in [0.25, 0.3) is 0 Å². The average molecular weight is 799 g/mol. The van der Waals surface area contributed by atoms with E-state index in [-0.39, 0.29) is 5.41 Å². The zero-order valence-corrected chi connectivity index (χ0v) is 35.8. The summed E-state index contributed by atoms with van der Waals surface area (Å²) in [7, 11) is -2.93. The number of benzene rings is 8. The van der Waals surface area contributed by atoms with Crippen molar-refractivity contribution in [3.8, 4) is 22.5 Å². The minimum atomic E-state index is -2.93. The van der Waals surface area contributed by atoms with Gasteiger partial charge in [0.2, 0.25) is 0 Å². The maximum Gasteiger partial charge on any atom is 0.179 e. The van der Waals surface area contributed by atoms with E-state index in [0.717, 1.165) is 5.69 Å². The van der Waals surface area contributed by atoms with Crippen molar-refractivity contribution in [1.29, 1.82) is 0 Å². The summed E-state index contributed by atoms with van der Waals surface area (Å²) in [6.07, 6.45) is 6.05. The first kappa shape index (κ1) is 36.8. The van der Waals surface area contributed by atoms with E-state index in [1.807, 2.05) is 12.2 Å². The lowest BCUT2D eigenvalue weighted by Gasteiger charge is -2.35. The average Bonchev–Trinajstić information content (AvgIpc) is 3.88. The minimum Gasteiger partial charge on any atom is -0.313 e. The van der Waals surface area contributed by atoms with Gasteiger partial charge in [0.15, 0.2) is 8.07 Å². The first-order valence-electron chi connectivity index (χ1n) is 21.3. The van der Waals surface area contributed by atoms with Crippen LogP contribution in [0.1, 0.15) is 36.2 Å². The number of rotatable bonds is 8. The first-order valence-corrected chi connectivity index (χ1v) is 23.3. The van der Waals surface area contributed by atoms with Gasteiger partial charge in [-0.15, -0.1) is 0 Å². The van der Waals surface area contributed by atoms with Crippen LogP contribution in [0.3, 0.4) is 0 Å². The van der Waals surface area contributed by atoms with Crippen LogP contribution < -0.4 is 20.7 Å². The summed E-state index contributed by atoms with van der Waals surface area (Å²) in [5.74, 6) is 0. The fourth-order valence-electron chi connectivity index (χ4n) is 10.7. The molecule has 0 spiro atoms. The molecule has 1 aliphatic rings. The molecule has 292 valence electrons. The quantitative estimate of drug-likeness (QED) is 0.0823. The summed E-state index contributed by atoms with van der Waals surface area (Å²) in [4.78, 5) is 0. The summed E-state index contributed by atoms with van der Waals surface area (Å²) in [5, 5.41) is 9.18. The number of hydrogen-bond acceptors (Lipinski definition) is 0. The number of para-hydroxylation sites is 2. The molecule has 0 saturated heterocycles. The van der Waals surface area contributed by atoms with E-state index in [9.17, 15) is 0 Å². The summed E-state index contributed by atoms with van der Waals surface area (Å²) < 4.78 is 4.96. The highest BCUT2D eigenvalue weighted by Crippen LogP contribution is 2.52. The van der Waals surface area contributed by atoms with Gasteiger partial charge in [-0.05, 0) is 80.8 Å². The Morgan fingerprint density at radius 3 is 1.79 bits per heavy atom. The lowest BCUT2D eigenvalue weighted by molar-refractivity contribution is 0.661. The number of fused-ring (bicyclic) bond motifs is 8. The van der Waals surface area contributed by atoms with Gasteiger partial charge in [0.1, 0.15) is 0 Å². The van der Waals surface area contributed by atoms with E-state index in [4.69, 9.17) is 0 Å². The second kappa shape index (κ2) is 14.2. The van der Waals surface area contributed by atoms with Crippen molar-refractivity contribution in [2.24, 2.45) is 0 Å². The maximum absolute atomic E-state index is 3.94. The Bertz CT molecular complexity index is 3310. The molecule has 10 aromatic rings. The zero-order chi connectivity index (χ0) is 41.3. The molecule has 0 bridgehead atoms. The van der Waals surface area contributed by atoms with E-state index < -0.39 is 8.07 Å². The van der Waals surface area contributed by atoms with Crippen LogP contribution in [0.15, 0.2) is 213 Å². The van der Waals surface area contributed by atoms with E-state index in [0.29, 0.717) is 0 Å². The van der Waals surface area contributed by atoms with Crippen molar-refractivity contribution in [3.63, 3.8) is 0 Å². The van der Waals surface area contributed by atoms with Crippen molar-refractivity contribution >= 4 is 67.6 Å². The minimum absolute atomic E-state index is 0.104. The Morgan fingerprint density at radius 2 is 1.08 bits per heavy atom. The number of hydrogen-bond donors (Lipinski definition) is 0. The molecule has 11 rings (SSSR count). The first-order chi connectivity index (χ1) is 29.9. The number of aromatic nitrogens is 2. The predicted octanol–water partition coefficient (Wildman–Crippen LogP) is 11.9. The number of nitrogens with zero attached hydrogens (tertiary/aromatic N) is 2. The van der Waals surface area contributed by atoms with Crippen molar-refractivity contribution < 1.29 is 0 Å². The molecule has 0 aliphatic heterocycles. The zero-order valence-electron chi connectivity index (χ0n) is 34.8. The largest absolute Gasteiger partial charge is 0.313 e. The molecular weight excluding hydrogens is 753 g/mol. The maximum atomic E-state index is 3.94. The molecule has 2 aromatic heterocycles. The molecule has 2 heterocycles. The highest BCUT2D eigenvalue weighted by molar-refractivity contribution is 7.19. The van der Waals surface area contributed by atoms with Gasteiger partial charge in [-0.25, -0.2) is 0 Å². The van der Waals surface area contributed by atoms with Crippen LogP contribution in [0.5, 0.6) is 0 Å². The molecule has 0 fully saturated rings. The van der Waals surface area contributed by atoms with Crippen LogP contribution in [0.4, 0.5) is 0 Å². The third-order valence-electron chi connectivity index (χ3n) is 13.4. The molecule has 0 amide bonds. The van der Waals surface area contributed by atoms with Crippen molar-refractivity contribution in [3.05, 3.63) is 235 Å². The summed E-state index contributed by atoms with van der Waals surface area (Å²) >= 11 is 0. The molecule has 8 aromatic carbocycles. The molecule has 1 aliphatic carbocycles. The van der Waals surface area contributed by atoms with E-state index in [1.165, 1.54) is 92.7 Å². The van der Waals surface area contributed by atoms with Crippen LogP contribution in [-0.4, -0.2) is 17.2 Å². The topological polar surface area (TPSA) is 9.86 Å². The molecule has 0 radical (unpaired) electrons. The van der Waals surface area contributed by atoms with Crippen molar-refractivity contribution in [2.75, 3.05) is 0 Å². The normalized spacial score (nSPS) is 13.3. The molecule has 0 saturated carbocycles. The lowest BCUT2D eigenvalue weighted by Crippen LogP contribution is -2.74. The molecule has 0 unspecified atom stereocenters. The number of allylic oxidation sites excluding steroid dienone is 2. The van der Waals surface area contributed by atoms with E-state index in [2.05, 4.69) is 237 Å². The lowest BCUT2D eigenvalue weighted by atomic mass is 9.82. The van der Waals surface area contributed by atoms with Crippen molar-refractivity contribution in [1.82, 2.24) is 9.13 Å². The van der Waals surface area contributed by atoms with Gasteiger partial charge in [-0.1, -0.05) is 196 Å². The van der Waals surface area contributed by atoms with E-state index >= 15 is 0 Å². The highest BCUT2D eigenvalue weighted by Gasteiger charge is 2.42. The molecule has 61 heavy (non-hydrogen) atoms. The Labute approximate surface area is 359 Å². The Kier molecular flexibility index (Phi) is 8.59. The van der Waals surface area contributed by atoms with Crippen LogP contribution in [-0.2, 0) is 5.41 Å². The van der Waals surface area contributed by atoms with Crippen molar-refractivity contribution in [2.45, 2.75) is 26.2 Å². The third kappa shape index (κ3) is 5.40. The van der Waals surface area contributed by atoms with Crippen LogP contribution in [0, 0.1) is 6.92 Å². The fourth-order valence-corrected chi connectivity index (χ4v) is 15.5. The predicted molar refractivity (Wildman–Crippen MR) is 263 cm³/mol. The smallest absolute Gasteiger partial charge is 0.179 e. The third-order valence-corrected chi connectivity index (χ3v) is 18.2. The van der Waals surface area contributed by atoms with Gasteiger partial charge in [0.05, 0.1) is 16.6 Å². The standard InChI is InChI=1S/C58H46N2Si/c1-5-6-26-47-40(2)59(54-31-17-14-27-48(47)54)41-33-35-45(36-34-41)61(43-21-9-7-10-22-43,44-23-11-8-12-24-44)46-25-19-20-42(39-46)60-55-32-18-15-28-49(55)50-37-38-53-56(57(50)60)51-29-13-16-30-52(51)58(53,3)4/h5-39H,1H2,2-4H3/b26-6-. The Hall–Kier alpha value is -7.20. The Morgan fingerprint density at radius 1 is 0.492 bits per heavy atom. The SMILES string of the molecule is C=C/C=C\c1c(C)n(-c2ccc([Si](c3ccccc3)(c3ccccc3)c3cccc(-n4c5ccccc5c5ccc6c(c54)-c4ccccc4C6(C)C)c3)cc2)c2ccccc12. The highest BCUT2D eigenvalue weighted by atomic mass is 28.3. The fraction of sp³-hybridized carbons (Fsp3) is 0.0690. The van der Waals surface area contributed by atoms with Gasteiger partial charge in [-0.2, -0.15) is 0 Å². The molecule has 0 atom stereocenters. The van der Waals surface area contributed by atoms with Gasteiger partial charge in [0, 0.05) is 49.8 Å². The van der Waals surface area contributed by atoms with Gasteiger partial charge in [-0.3, -0.25) is 0 Å². The second-order valence-corrected chi connectivity index (χ2v) is 20.7. The summed E-state index contributed by atoms with van der Waals surface area (Å²) in [6, 6.07) is 73.0. The van der Waals surface area contributed by atoms with Crippen LogP contribution in [0.25, 0.3) is 61.3 Å². The van der Waals surface area contributed by atoms with Gasteiger partial charge < -0.3 is 9.13 Å². The summed E-state index contributed by atoms with van der Waals surface area (Å²) in [5.41, 5.74) is 13.8. The van der Waals surface area contributed by atoms with Gasteiger partial charge >= 0.3 is 0 Å². The molecule has 0 N–H and O–H groups in total.